The van der Waals surface area contributed by atoms with Crippen molar-refractivity contribution in [3.8, 4) is 0 Å². The number of nitrogens with zero attached hydrogens (tertiary/aromatic N) is 2. The summed E-state index contributed by atoms with van der Waals surface area (Å²) in [5, 5.41) is 1.35. The molecule has 1 saturated heterocycles. The second-order valence-corrected chi connectivity index (χ2v) is 9.67. The minimum Gasteiger partial charge on any atom is -0.423 e. The van der Waals surface area contributed by atoms with Gasteiger partial charge in [-0.15, -0.1) is 0 Å². The number of aryl methyl sites for hydroxylation is 1. The molecule has 2 heterocycles. The van der Waals surface area contributed by atoms with Crippen molar-refractivity contribution in [2.45, 2.75) is 18.4 Å². The zero-order chi connectivity index (χ0) is 21.5. The lowest BCUT2D eigenvalue weighted by Gasteiger charge is -2.34. The molecule has 0 unspecified atom stereocenters. The molecule has 0 radical (unpaired) electrons. The zero-order valence-electron chi connectivity index (χ0n) is 16.3. The van der Waals surface area contributed by atoms with E-state index in [-0.39, 0.29) is 18.0 Å². The largest absolute Gasteiger partial charge is 0.423 e. The molecule has 0 saturated carbocycles. The van der Waals surface area contributed by atoms with E-state index in [4.69, 9.17) is 16.0 Å². The first-order valence-corrected chi connectivity index (χ1v) is 11.3. The molecule has 9 heteroatoms. The van der Waals surface area contributed by atoms with Crippen LogP contribution in [0.3, 0.4) is 0 Å². The average Bonchev–Trinajstić information content (AvgIpc) is 2.70. The molecule has 30 heavy (non-hydrogen) atoms. The molecule has 1 fully saturated rings. The highest BCUT2D eigenvalue weighted by Gasteiger charge is 2.29. The van der Waals surface area contributed by atoms with E-state index in [2.05, 4.69) is 4.90 Å². The van der Waals surface area contributed by atoms with Crippen LogP contribution in [0.25, 0.3) is 11.0 Å². The molecule has 0 aliphatic carbocycles. The number of rotatable bonds is 4. The Bertz CT molecular complexity index is 1270. The van der Waals surface area contributed by atoms with Crippen LogP contribution in [0.15, 0.2) is 56.6 Å². The molecule has 1 aliphatic heterocycles. The van der Waals surface area contributed by atoms with Gasteiger partial charge in [-0.05, 0) is 48.4 Å². The van der Waals surface area contributed by atoms with E-state index in [0.29, 0.717) is 30.2 Å². The lowest BCUT2D eigenvalue weighted by atomic mass is 10.1. The van der Waals surface area contributed by atoms with Crippen molar-refractivity contribution in [1.82, 2.24) is 9.21 Å². The van der Waals surface area contributed by atoms with E-state index < -0.39 is 21.5 Å². The van der Waals surface area contributed by atoms with Crippen LogP contribution in [0, 0.1) is 12.7 Å². The molecule has 1 aliphatic rings. The van der Waals surface area contributed by atoms with Crippen LogP contribution in [0.5, 0.6) is 0 Å². The maximum Gasteiger partial charge on any atom is 0.336 e. The Hall–Kier alpha value is -2.26. The van der Waals surface area contributed by atoms with Gasteiger partial charge < -0.3 is 4.42 Å². The van der Waals surface area contributed by atoms with Gasteiger partial charge in [0.15, 0.2) is 0 Å². The average molecular weight is 451 g/mol. The minimum atomic E-state index is -3.75. The summed E-state index contributed by atoms with van der Waals surface area (Å²) in [6.45, 7) is 3.82. The Morgan fingerprint density at radius 1 is 1.10 bits per heavy atom. The Balaban J connectivity index is 1.52. The van der Waals surface area contributed by atoms with Crippen LogP contribution < -0.4 is 5.63 Å². The van der Waals surface area contributed by atoms with E-state index in [1.165, 1.54) is 28.6 Å². The monoisotopic (exact) mass is 450 g/mol. The van der Waals surface area contributed by atoms with E-state index in [9.17, 15) is 17.6 Å². The van der Waals surface area contributed by atoms with Gasteiger partial charge in [-0.3, -0.25) is 4.90 Å². The third kappa shape index (κ3) is 4.13. The minimum absolute atomic E-state index is 0.0485. The number of hydrogen-bond donors (Lipinski definition) is 0. The standard InChI is InChI=1S/C21H20ClFN2O4S/c1-14-9-20-18(12-19(14)22)15(10-21(26)29-20)13-24-5-7-25(8-6-24)30(27,28)17-4-2-3-16(23)11-17/h2-4,9-12H,5-8,13H2,1H3. The molecule has 0 atom stereocenters. The maximum absolute atomic E-state index is 13.4. The van der Waals surface area contributed by atoms with Crippen LogP contribution in [0.2, 0.25) is 5.02 Å². The molecule has 0 bridgehead atoms. The summed E-state index contributed by atoms with van der Waals surface area (Å²) < 4.78 is 45.6. The van der Waals surface area contributed by atoms with Gasteiger partial charge in [-0.25, -0.2) is 17.6 Å². The maximum atomic E-state index is 13.4. The number of benzene rings is 2. The second kappa shape index (κ2) is 8.11. The summed E-state index contributed by atoms with van der Waals surface area (Å²) in [5.74, 6) is -0.585. The van der Waals surface area contributed by atoms with E-state index >= 15 is 0 Å². The summed E-state index contributed by atoms with van der Waals surface area (Å²) in [4.78, 5) is 14.0. The Morgan fingerprint density at radius 2 is 1.83 bits per heavy atom. The molecule has 0 spiro atoms. The SMILES string of the molecule is Cc1cc2oc(=O)cc(CN3CCN(S(=O)(=O)c4cccc(F)c4)CC3)c2cc1Cl. The summed E-state index contributed by atoms with van der Waals surface area (Å²) in [7, 11) is -3.75. The first-order chi connectivity index (χ1) is 14.2. The van der Waals surface area contributed by atoms with Crippen LogP contribution >= 0.6 is 11.6 Å². The van der Waals surface area contributed by atoms with Crippen molar-refractivity contribution in [3.63, 3.8) is 0 Å². The number of halogens is 2. The first kappa shape index (κ1) is 21.0. The molecule has 2 aromatic carbocycles. The summed E-state index contributed by atoms with van der Waals surface area (Å²) in [6.07, 6.45) is 0. The Labute approximate surface area is 178 Å². The molecule has 1 aromatic heterocycles. The van der Waals surface area contributed by atoms with Gasteiger partial charge in [-0.2, -0.15) is 4.31 Å². The highest BCUT2D eigenvalue weighted by atomic mass is 35.5. The molecular formula is C21H20ClFN2O4S. The third-order valence-corrected chi connectivity index (χ3v) is 7.57. The van der Waals surface area contributed by atoms with Crippen LogP contribution in [-0.4, -0.2) is 43.8 Å². The van der Waals surface area contributed by atoms with Crippen molar-refractivity contribution in [2.24, 2.45) is 0 Å². The molecular weight excluding hydrogens is 431 g/mol. The predicted octanol–water partition coefficient (Wildman–Crippen LogP) is 3.40. The molecule has 158 valence electrons. The number of hydrogen-bond acceptors (Lipinski definition) is 5. The fraction of sp³-hybridized carbons (Fsp3) is 0.286. The van der Waals surface area contributed by atoms with Gasteiger partial charge in [0.1, 0.15) is 11.4 Å². The summed E-state index contributed by atoms with van der Waals surface area (Å²) in [6, 6.07) is 10.0. The third-order valence-electron chi connectivity index (χ3n) is 5.27. The van der Waals surface area contributed by atoms with Crippen LogP contribution in [0.1, 0.15) is 11.1 Å². The summed E-state index contributed by atoms with van der Waals surface area (Å²) in [5.41, 5.74) is 1.64. The number of piperazine rings is 1. The van der Waals surface area contributed by atoms with Gasteiger partial charge >= 0.3 is 5.63 Å². The van der Waals surface area contributed by atoms with Crippen molar-refractivity contribution in [2.75, 3.05) is 26.2 Å². The van der Waals surface area contributed by atoms with Crippen LogP contribution in [0.4, 0.5) is 4.39 Å². The highest BCUT2D eigenvalue weighted by Crippen LogP contribution is 2.26. The number of fused-ring (bicyclic) bond motifs is 1. The van der Waals surface area contributed by atoms with E-state index in [1.54, 1.807) is 12.1 Å². The normalized spacial score (nSPS) is 16.2. The van der Waals surface area contributed by atoms with Gasteiger partial charge in [0.2, 0.25) is 10.0 Å². The first-order valence-electron chi connectivity index (χ1n) is 9.45. The summed E-state index contributed by atoms with van der Waals surface area (Å²) >= 11 is 6.25. The van der Waals surface area contributed by atoms with Crippen molar-refractivity contribution < 1.29 is 17.2 Å². The second-order valence-electron chi connectivity index (χ2n) is 7.33. The fourth-order valence-corrected chi connectivity index (χ4v) is 5.24. The van der Waals surface area contributed by atoms with Crippen molar-refractivity contribution >= 4 is 32.6 Å². The van der Waals surface area contributed by atoms with Crippen molar-refractivity contribution in [1.29, 1.82) is 0 Å². The van der Waals surface area contributed by atoms with Gasteiger partial charge in [0.05, 0.1) is 4.90 Å². The topological polar surface area (TPSA) is 70.8 Å². The predicted molar refractivity (Wildman–Crippen MR) is 113 cm³/mol. The molecule has 0 N–H and O–H groups in total. The van der Waals surface area contributed by atoms with E-state index in [1.807, 2.05) is 6.92 Å². The van der Waals surface area contributed by atoms with Crippen LogP contribution in [-0.2, 0) is 16.6 Å². The smallest absolute Gasteiger partial charge is 0.336 e. The Kier molecular flexibility index (Phi) is 5.67. The lowest BCUT2D eigenvalue weighted by molar-refractivity contribution is 0.182. The van der Waals surface area contributed by atoms with Gasteiger partial charge in [-0.1, -0.05) is 17.7 Å². The molecule has 3 aromatic rings. The molecule has 4 rings (SSSR count). The fourth-order valence-electron chi connectivity index (χ4n) is 3.62. The van der Waals surface area contributed by atoms with Gasteiger partial charge in [0, 0.05) is 49.2 Å². The molecule has 0 amide bonds. The Morgan fingerprint density at radius 3 is 2.53 bits per heavy atom. The van der Waals surface area contributed by atoms with Gasteiger partial charge in [0.25, 0.3) is 0 Å². The highest BCUT2D eigenvalue weighted by molar-refractivity contribution is 7.89. The van der Waals surface area contributed by atoms with Crippen molar-refractivity contribution in [3.05, 3.63) is 74.9 Å². The zero-order valence-corrected chi connectivity index (χ0v) is 17.8. The van der Waals surface area contributed by atoms with E-state index in [0.717, 1.165) is 22.6 Å². The lowest BCUT2D eigenvalue weighted by Crippen LogP contribution is -2.48. The molecule has 6 nitrogen and oxygen atoms in total. The number of sulfonamides is 1. The quantitative estimate of drug-likeness (QED) is 0.570.